The molecule has 4 rings (SSSR count). The second kappa shape index (κ2) is 6.75. The summed E-state index contributed by atoms with van der Waals surface area (Å²) in [6.07, 6.45) is 9.92. The van der Waals surface area contributed by atoms with Gasteiger partial charge in [0.2, 0.25) is 0 Å². The highest BCUT2D eigenvalue weighted by Crippen LogP contribution is 2.29. The van der Waals surface area contributed by atoms with Crippen LogP contribution in [-0.2, 0) is 0 Å². The van der Waals surface area contributed by atoms with E-state index < -0.39 is 5.63 Å². The highest BCUT2D eigenvalue weighted by molar-refractivity contribution is 6.07. The van der Waals surface area contributed by atoms with Gasteiger partial charge in [0.25, 0.3) is 0 Å². The minimum absolute atomic E-state index is 0.0424. The molecule has 0 spiro atoms. The normalized spacial score (nSPS) is 15.3. The molecule has 0 amide bonds. The van der Waals surface area contributed by atoms with E-state index in [1.807, 2.05) is 29.9 Å². The quantitative estimate of drug-likeness (QED) is 0.400. The number of allylic oxidation sites excluding steroid dienone is 1. The Hall–Kier alpha value is -2.95. The molecule has 5 heteroatoms. The van der Waals surface area contributed by atoms with Crippen molar-refractivity contribution in [2.24, 2.45) is 0 Å². The first-order chi connectivity index (χ1) is 12.6. The lowest BCUT2D eigenvalue weighted by Crippen LogP contribution is -2.11. The van der Waals surface area contributed by atoms with Crippen molar-refractivity contribution in [3.05, 3.63) is 69.8 Å². The van der Waals surface area contributed by atoms with Gasteiger partial charge in [-0.2, -0.15) is 5.10 Å². The summed E-state index contributed by atoms with van der Waals surface area (Å²) < 4.78 is 7.25. The van der Waals surface area contributed by atoms with Gasteiger partial charge in [0.15, 0.2) is 5.78 Å². The van der Waals surface area contributed by atoms with E-state index >= 15 is 0 Å². The second-order valence-electron chi connectivity index (χ2n) is 6.77. The Kier molecular flexibility index (Phi) is 4.29. The fourth-order valence-electron chi connectivity index (χ4n) is 3.50. The molecule has 132 valence electrons. The Labute approximate surface area is 150 Å². The molecule has 3 aromatic rings. The number of fused-ring (bicyclic) bond motifs is 1. The third-order valence-electron chi connectivity index (χ3n) is 4.97. The van der Waals surface area contributed by atoms with Crippen molar-refractivity contribution in [2.75, 3.05) is 0 Å². The number of benzene rings is 1. The second-order valence-corrected chi connectivity index (χ2v) is 6.77. The molecule has 5 nitrogen and oxygen atoms in total. The van der Waals surface area contributed by atoms with E-state index in [0.717, 1.165) is 29.5 Å². The summed E-state index contributed by atoms with van der Waals surface area (Å²) in [6.45, 7) is 1.93. The van der Waals surface area contributed by atoms with Gasteiger partial charge in [-0.05, 0) is 44.1 Å². The molecular formula is C21H20N2O3. The molecule has 1 aliphatic carbocycles. The zero-order valence-electron chi connectivity index (χ0n) is 14.6. The van der Waals surface area contributed by atoms with Crippen LogP contribution in [0.5, 0.6) is 0 Å². The predicted octanol–water partition coefficient (Wildman–Crippen LogP) is 4.31. The van der Waals surface area contributed by atoms with Gasteiger partial charge in [-0.3, -0.25) is 9.48 Å². The largest absolute Gasteiger partial charge is 0.422 e. The highest BCUT2D eigenvalue weighted by Gasteiger charge is 2.18. The lowest BCUT2D eigenvalue weighted by molar-refractivity contribution is 0.104. The van der Waals surface area contributed by atoms with Crippen LogP contribution in [0.3, 0.4) is 0 Å². The van der Waals surface area contributed by atoms with Crippen LogP contribution >= 0.6 is 0 Å². The van der Waals surface area contributed by atoms with E-state index in [1.165, 1.54) is 18.9 Å². The van der Waals surface area contributed by atoms with Crippen molar-refractivity contribution >= 4 is 22.8 Å². The Morgan fingerprint density at radius 3 is 2.85 bits per heavy atom. The third kappa shape index (κ3) is 3.12. The molecule has 2 heterocycles. The molecular weight excluding hydrogens is 328 g/mol. The number of rotatable bonds is 4. The van der Waals surface area contributed by atoms with Crippen molar-refractivity contribution in [3.63, 3.8) is 0 Å². The summed E-state index contributed by atoms with van der Waals surface area (Å²) in [5, 5.41) is 5.31. The zero-order valence-corrected chi connectivity index (χ0v) is 14.6. The number of para-hydroxylation sites is 1. The summed E-state index contributed by atoms with van der Waals surface area (Å²) in [5.74, 6) is -0.363. The van der Waals surface area contributed by atoms with E-state index in [0.29, 0.717) is 11.6 Å². The van der Waals surface area contributed by atoms with Crippen molar-refractivity contribution in [2.45, 2.75) is 38.6 Å². The van der Waals surface area contributed by atoms with Crippen molar-refractivity contribution < 1.29 is 9.21 Å². The van der Waals surface area contributed by atoms with Crippen LogP contribution in [0.1, 0.15) is 53.3 Å². The van der Waals surface area contributed by atoms with E-state index in [4.69, 9.17) is 4.42 Å². The lowest BCUT2D eigenvalue weighted by atomic mass is 10.1. The Bertz CT molecular complexity index is 1050. The summed E-state index contributed by atoms with van der Waals surface area (Å²) >= 11 is 0. The number of carbonyl (C=O) groups is 1. The smallest absolute Gasteiger partial charge is 0.347 e. The molecule has 0 radical (unpaired) electrons. The van der Waals surface area contributed by atoms with Crippen molar-refractivity contribution in [1.82, 2.24) is 9.78 Å². The molecule has 0 unspecified atom stereocenters. The van der Waals surface area contributed by atoms with Crippen molar-refractivity contribution in [3.8, 4) is 0 Å². The Balaban J connectivity index is 1.60. The first-order valence-corrected chi connectivity index (χ1v) is 8.93. The summed E-state index contributed by atoms with van der Waals surface area (Å²) in [5.41, 5.74) is 1.69. The average molecular weight is 348 g/mol. The minimum Gasteiger partial charge on any atom is -0.422 e. The van der Waals surface area contributed by atoms with Gasteiger partial charge >= 0.3 is 5.63 Å². The molecule has 0 N–H and O–H groups in total. The van der Waals surface area contributed by atoms with Crippen LogP contribution in [0.2, 0.25) is 0 Å². The number of ketones is 1. The van der Waals surface area contributed by atoms with Gasteiger partial charge in [-0.25, -0.2) is 4.79 Å². The molecule has 0 saturated heterocycles. The molecule has 1 aromatic carbocycles. The highest BCUT2D eigenvalue weighted by atomic mass is 16.4. The standard InChI is InChI=1S/C21H20N2O3/c1-14-16(13-23(22-14)17-7-3-4-8-17)10-11-19(24)18-12-15-6-2-5-9-20(15)26-21(18)25/h2,5-6,9-13,17H,3-4,7-8H2,1H3. The van der Waals surface area contributed by atoms with Gasteiger partial charge in [0.05, 0.1) is 11.7 Å². The van der Waals surface area contributed by atoms with Gasteiger partial charge in [0, 0.05) is 17.1 Å². The molecule has 26 heavy (non-hydrogen) atoms. The summed E-state index contributed by atoms with van der Waals surface area (Å²) in [6, 6.07) is 9.20. The van der Waals surface area contributed by atoms with Gasteiger partial charge in [-0.1, -0.05) is 31.0 Å². The average Bonchev–Trinajstić information content (AvgIpc) is 3.29. The third-order valence-corrected chi connectivity index (χ3v) is 4.97. The zero-order chi connectivity index (χ0) is 18.1. The SMILES string of the molecule is Cc1nn(C2CCCC2)cc1C=CC(=O)c1cc2ccccc2oc1=O. The van der Waals surface area contributed by atoms with Crippen LogP contribution in [0.15, 0.2) is 51.8 Å². The maximum Gasteiger partial charge on any atom is 0.347 e. The number of aromatic nitrogens is 2. The topological polar surface area (TPSA) is 65.1 Å². The molecule has 2 aromatic heterocycles. The van der Waals surface area contributed by atoms with Crippen LogP contribution in [0.4, 0.5) is 0 Å². The molecule has 1 fully saturated rings. The minimum atomic E-state index is -0.614. The molecule has 0 atom stereocenters. The number of carbonyl (C=O) groups excluding carboxylic acids is 1. The maximum atomic E-state index is 12.5. The van der Waals surface area contributed by atoms with Crippen molar-refractivity contribution in [1.29, 1.82) is 0 Å². The van der Waals surface area contributed by atoms with Crippen LogP contribution in [-0.4, -0.2) is 15.6 Å². The van der Waals surface area contributed by atoms with E-state index in [2.05, 4.69) is 5.10 Å². The van der Waals surface area contributed by atoms with Gasteiger partial charge in [-0.15, -0.1) is 0 Å². The fourth-order valence-corrected chi connectivity index (χ4v) is 3.50. The van der Waals surface area contributed by atoms with Gasteiger partial charge < -0.3 is 4.42 Å². The Morgan fingerprint density at radius 1 is 1.27 bits per heavy atom. The molecule has 0 bridgehead atoms. The van der Waals surface area contributed by atoms with Crippen LogP contribution < -0.4 is 5.63 Å². The lowest BCUT2D eigenvalue weighted by Gasteiger charge is -2.08. The molecule has 1 saturated carbocycles. The van der Waals surface area contributed by atoms with E-state index in [9.17, 15) is 9.59 Å². The fraction of sp³-hybridized carbons (Fsp3) is 0.286. The predicted molar refractivity (Wildman–Crippen MR) is 100 cm³/mol. The monoisotopic (exact) mass is 348 g/mol. The number of hydrogen-bond donors (Lipinski definition) is 0. The number of hydrogen-bond acceptors (Lipinski definition) is 4. The van der Waals surface area contributed by atoms with E-state index in [1.54, 1.807) is 24.3 Å². The van der Waals surface area contributed by atoms with Crippen LogP contribution in [0, 0.1) is 6.92 Å². The first kappa shape index (κ1) is 16.5. The van der Waals surface area contributed by atoms with E-state index in [-0.39, 0.29) is 11.3 Å². The van der Waals surface area contributed by atoms with Gasteiger partial charge in [0.1, 0.15) is 11.1 Å². The Morgan fingerprint density at radius 2 is 2.04 bits per heavy atom. The first-order valence-electron chi connectivity index (χ1n) is 8.93. The number of aryl methyl sites for hydroxylation is 1. The number of nitrogens with zero attached hydrogens (tertiary/aromatic N) is 2. The summed E-state index contributed by atoms with van der Waals surface area (Å²) in [4.78, 5) is 24.6. The maximum absolute atomic E-state index is 12.5. The van der Waals surface area contributed by atoms with Crippen LogP contribution in [0.25, 0.3) is 17.0 Å². The molecule has 1 aliphatic rings. The summed E-state index contributed by atoms with van der Waals surface area (Å²) in [7, 11) is 0. The molecule has 0 aliphatic heterocycles.